The van der Waals surface area contributed by atoms with Crippen LogP contribution in [-0.2, 0) is 6.42 Å². The first-order chi connectivity index (χ1) is 8.06. The molecule has 0 spiro atoms. The number of nitrogens with zero attached hydrogens (tertiary/aromatic N) is 2. The number of pyridine rings is 1. The predicted molar refractivity (Wildman–Crippen MR) is 69.6 cm³/mol. The molecule has 0 bridgehead atoms. The molecule has 2 aromatic heterocycles. The zero-order valence-electron chi connectivity index (χ0n) is 9.01. The van der Waals surface area contributed by atoms with Crippen LogP contribution >= 0.6 is 27.3 Å². The second-order valence-corrected chi connectivity index (χ2v) is 5.46. The Bertz CT molecular complexity index is 618. The molecule has 17 heavy (non-hydrogen) atoms. The van der Waals surface area contributed by atoms with Crippen molar-refractivity contribution in [3.8, 4) is 0 Å². The van der Waals surface area contributed by atoms with Gasteiger partial charge in [-0.2, -0.15) is 0 Å². The molecule has 0 N–H and O–H groups in total. The van der Waals surface area contributed by atoms with Crippen LogP contribution in [0.25, 0.3) is 0 Å². The van der Waals surface area contributed by atoms with Crippen LogP contribution in [0.4, 0.5) is 0 Å². The third-order valence-electron chi connectivity index (χ3n) is 2.14. The zero-order chi connectivity index (χ0) is 12.4. The fourth-order valence-electron chi connectivity index (χ4n) is 1.39. The third kappa shape index (κ3) is 2.89. The van der Waals surface area contributed by atoms with Crippen molar-refractivity contribution >= 4 is 33.2 Å². The highest BCUT2D eigenvalue weighted by Gasteiger charge is 2.10. The van der Waals surface area contributed by atoms with E-state index in [1.54, 1.807) is 6.07 Å². The number of carbonyl (C=O) groups excluding carboxylic acids is 1. The molecule has 0 atom stereocenters. The summed E-state index contributed by atoms with van der Waals surface area (Å²) in [6.07, 6.45) is 1.62. The first-order valence-corrected chi connectivity index (χ1v) is 6.56. The molecule has 0 aliphatic rings. The van der Waals surface area contributed by atoms with Crippen molar-refractivity contribution in [1.82, 2.24) is 9.55 Å². The maximum atomic E-state index is 11.9. The number of thiazole rings is 1. The lowest BCUT2D eigenvalue weighted by molar-refractivity contribution is 0.0908. The number of hydrogen-bond acceptors (Lipinski definition) is 4. The molecule has 0 amide bonds. The molecular weight excluding hydrogens is 304 g/mol. The van der Waals surface area contributed by atoms with Crippen LogP contribution in [0.5, 0.6) is 0 Å². The molecule has 0 aliphatic heterocycles. The lowest BCUT2D eigenvalue weighted by atomic mass is 10.3. The summed E-state index contributed by atoms with van der Waals surface area (Å²) in [5.74, 6) is -0.276. The van der Waals surface area contributed by atoms with Gasteiger partial charge in [0.05, 0.1) is 17.1 Å². The number of carbonyl (C=O) groups is 1. The van der Waals surface area contributed by atoms with Crippen LogP contribution in [0.1, 0.15) is 15.5 Å². The molecule has 0 fully saturated rings. The van der Waals surface area contributed by atoms with E-state index in [9.17, 15) is 9.59 Å². The molecule has 0 radical (unpaired) electrons. The quantitative estimate of drug-likeness (QED) is 0.854. The fraction of sp³-hybridized carbons (Fsp3) is 0.182. The molecule has 6 heteroatoms. The van der Waals surface area contributed by atoms with Crippen molar-refractivity contribution in [3.63, 3.8) is 0 Å². The van der Waals surface area contributed by atoms with E-state index in [1.165, 1.54) is 23.6 Å². The van der Waals surface area contributed by atoms with Crippen molar-refractivity contribution in [2.45, 2.75) is 13.3 Å². The highest BCUT2D eigenvalue weighted by atomic mass is 79.9. The van der Waals surface area contributed by atoms with Crippen molar-refractivity contribution in [1.29, 1.82) is 0 Å². The standard InChI is InChI=1S/C11H9BrN2O2S/c1-7-13-9(6-17-7)4-11(16)14-5-8(12)2-3-10(14)15/h2-3,5-6H,4H2,1H3. The monoisotopic (exact) mass is 312 g/mol. The molecule has 0 saturated heterocycles. The van der Waals surface area contributed by atoms with Gasteiger partial charge in [-0.05, 0) is 28.9 Å². The minimum atomic E-state index is -0.329. The van der Waals surface area contributed by atoms with Crippen LogP contribution in [0, 0.1) is 6.92 Å². The van der Waals surface area contributed by atoms with E-state index in [2.05, 4.69) is 20.9 Å². The van der Waals surface area contributed by atoms with Crippen LogP contribution in [0.15, 0.2) is 33.0 Å². The van der Waals surface area contributed by atoms with E-state index in [0.717, 1.165) is 9.57 Å². The summed E-state index contributed by atoms with van der Waals surface area (Å²) in [6.45, 7) is 1.88. The van der Waals surface area contributed by atoms with E-state index in [1.807, 2.05) is 12.3 Å². The number of aryl methyl sites for hydroxylation is 1. The molecule has 88 valence electrons. The summed E-state index contributed by atoms with van der Waals surface area (Å²) in [6, 6.07) is 2.97. The van der Waals surface area contributed by atoms with Gasteiger partial charge in [0.2, 0.25) is 5.91 Å². The van der Waals surface area contributed by atoms with Gasteiger partial charge in [-0.3, -0.25) is 14.2 Å². The Morgan fingerprint density at radius 2 is 2.29 bits per heavy atom. The van der Waals surface area contributed by atoms with Gasteiger partial charge in [-0.25, -0.2) is 4.98 Å². The number of halogens is 1. The van der Waals surface area contributed by atoms with Crippen LogP contribution < -0.4 is 5.56 Å². The van der Waals surface area contributed by atoms with Gasteiger partial charge in [-0.1, -0.05) is 0 Å². The fourth-order valence-corrected chi connectivity index (χ4v) is 2.34. The van der Waals surface area contributed by atoms with Crippen molar-refractivity contribution in [2.75, 3.05) is 0 Å². The zero-order valence-corrected chi connectivity index (χ0v) is 11.4. The second-order valence-electron chi connectivity index (χ2n) is 3.48. The minimum absolute atomic E-state index is 0.140. The van der Waals surface area contributed by atoms with Gasteiger partial charge < -0.3 is 0 Å². The van der Waals surface area contributed by atoms with Gasteiger partial charge in [0.15, 0.2) is 0 Å². The second kappa shape index (κ2) is 4.93. The van der Waals surface area contributed by atoms with Crippen molar-refractivity contribution in [3.05, 3.63) is 49.2 Å². The summed E-state index contributed by atoms with van der Waals surface area (Å²) in [7, 11) is 0. The number of aromatic nitrogens is 2. The van der Waals surface area contributed by atoms with E-state index < -0.39 is 0 Å². The SMILES string of the molecule is Cc1nc(CC(=O)n2cc(Br)ccc2=O)cs1. The summed E-state index contributed by atoms with van der Waals surface area (Å²) in [5.41, 5.74) is 0.370. The Labute approximate surface area is 110 Å². The highest BCUT2D eigenvalue weighted by Crippen LogP contribution is 2.10. The number of rotatable bonds is 2. The molecule has 0 unspecified atom stereocenters. The topological polar surface area (TPSA) is 52.0 Å². The first kappa shape index (κ1) is 12.2. The molecule has 0 aromatic carbocycles. The molecule has 2 heterocycles. The summed E-state index contributed by atoms with van der Waals surface area (Å²) >= 11 is 4.72. The van der Waals surface area contributed by atoms with Gasteiger partial charge in [0.25, 0.3) is 5.56 Å². The molecule has 0 aliphatic carbocycles. The Balaban J connectivity index is 2.26. The first-order valence-electron chi connectivity index (χ1n) is 4.88. The maximum Gasteiger partial charge on any atom is 0.257 e. The van der Waals surface area contributed by atoms with Gasteiger partial charge in [-0.15, -0.1) is 11.3 Å². The highest BCUT2D eigenvalue weighted by molar-refractivity contribution is 9.10. The van der Waals surface area contributed by atoms with E-state index in [-0.39, 0.29) is 17.9 Å². The number of hydrogen-bond donors (Lipinski definition) is 0. The van der Waals surface area contributed by atoms with E-state index in [4.69, 9.17) is 0 Å². The summed E-state index contributed by atoms with van der Waals surface area (Å²) in [4.78, 5) is 27.6. The maximum absolute atomic E-state index is 11.9. The Morgan fingerprint density at radius 1 is 1.53 bits per heavy atom. The van der Waals surface area contributed by atoms with Crippen LogP contribution in [0.3, 0.4) is 0 Å². The summed E-state index contributed by atoms with van der Waals surface area (Å²) in [5, 5.41) is 2.74. The Kier molecular flexibility index (Phi) is 3.54. The lowest BCUT2D eigenvalue weighted by Crippen LogP contribution is -2.26. The molecule has 2 aromatic rings. The van der Waals surface area contributed by atoms with Gasteiger partial charge in [0, 0.05) is 22.1 Å². The van der Waals surface area contributed by atoms with Gasteiger partial charge in [0.1, 0.15) is 0 Å². The average molecular weight is 313 g/mol. The third-order valence-corrected chi connectivity index (χ3v) is 3.43. The Hall–Kier alpha value is -1.27. The van der Waals surface area contributed by atoms with E-state index >= 15 is 0 Å². The largest absolute Gasteiger partial charge is 0.274 e. The average Bonchev–Trinajstić information content (AvgIpc) is 2.67. The molecule has 4 nitrogen and oxygen atoms in total. The lowest BCUT2D eigenvalue weighted by Gasteiger charge is -2.02. The normalized spacial score (nSPS) is 10.5. The van der Waals surface area contributed by atoms with Crippen LogP contribution in [-0.4, -0.2) is 15.5 Å². The van der Waals surface area contributed by atoms with Gasteiger partial charge >= 0.3 is 0 Å². The Morgan fingerprint density at radius 3 is 2.94 bits per heavy atom. The van der Waals surface area contributed by atoms with Crippen molar-refractivity contribution in [2.24, 2.45) is 0 Å². The molecular formula is C11H9BrN2O2S. The molecule has 0 saturated carbocycles. The van der Waals surface area contributed by atoms with Crippen LogP contribution in [0.2, 0.25) is 0 Å². The summed E-state index contributed by atoms with van der Waals surface area (Å²) < 4.78 is 1.79. The smallest absolute Gasteiger partial charge is 0.257 e. The van der Waals surface area contributed by atoms with Crippen molar-refractivity contribution < 1.29 is 4.79 Å². The molecule has 2 rings (SSSR count). The predicted octanol–water partition coefficient (Wildman–Crippen LogP) is 2.26. The van der Waals surface area contributed by atoms with E-state index in [0.29, 0.717) is 10.2 Å². The minimum Gasteiger partial charge on any atom is -0.274 e.